The quantitative estimate of drug-likeness (QED) is 0.696. The Labute approximate surface area is 118 Å². The van der Waals surface area contributed by atoms with Gasteiger partial charge in [0.05, 0.1) is 5.56 Å². The molecule has 0 radical (unpaired) electrons. The van der Waals surface area contributed by atoms with Gasteiger partial charge in [0.15, 0.2) is 5.78 Å². The third-order valence-corrected chi connectivity index (χ3v) is 3.29. The van der Waals surface area contributed by atoms with E-state index < -0.39 is 17.5 Å². The molecule has 3 rings (SSSR count). The summed E-state index contributed by atoms with van der Waals surface area (Å²) in [6.45, 7) is 0. The molecular formula is C16H10F3NO. The predicted octanol–water partition coefficient (Wildman–Crippen LogP) is 4.42. The summed E-state index contributed by atoms with van der Waals surface area (Å²) in [6, 6.07) is 11.6. The van der Waals surface area contributed by atoms with Crippen molar-refractivity contribution in [1.29, 1.82) is 0 Å². The minimum Gasteiger partial charge on any atom is -0.360 e. The molecule has 1 N–H and O–H groups in total. The van der Waals surface area contributed by atoms with Crippen LogP contribution in [0.25, 0.3) is 10.9 Å². The van der Waals surface area contributed by atoms with Gasteiger partial charge in [-0.1, -0.05) is 30.3 Å². The Morgan fingerprint density at radius 1 is 1.00 bits per heavy atom. The summed E-state index contributed by atoms with van der Waals surface area (Å²) in [5.41, 5.74) is 0.334. The van der Waals surface area contributed by atoms with E-state index in [1.54, 1.807) is 18.2 Å². The van der Waals surface area contributed by atoms with Crippen LogP contribution in [0.2, 0.25) is 0 Å². The number of aromatic nitrogens is 1. The molecule has 5 heteroatoms. The molecule has 0 saturated heterocycles. The van der Waals surface area contributed by atoms with E-state index in [1.807, 2.05) is 6.07 Å². The van der Waals surface area contributed by atoms with Gasteiger partial charge in [-0.05, 0) is 18.2 Å². The Morgan fingerprint density at radius 3 is 2.52 bits per heavy atom. The van der Waals surface area contributed by atoms with Crippen molar-refractivity contribution in [2.24, 2.45) is 0 Å². The molecule has 0 saturated carbocycles. The lowest BCUT2D eigenvalue weighted by molar-refractivity contribution is -0.137. The van der Waals surface area contributed by atoms with Gasteiger partial charge in [-0.3, -0.25) is 4.79 Å². The molecule has 1 aromatic heterocycles. The lowest BCUT2D eigenvalue weighted by Gasteiger charge is -2.07. The molecule has 0 atom stereocenters. The number of para-hydroxylation sites is 1. The molecule has 0 unspecified atom stereocenters. The number of carbonyl (C=O) groups is 1. The number of alkyl halides is 3. The van der Waals surface area contributed by atoms with Crippen LogP contribution in [-0.4, -0.2) is 10.8 Å². The van der Waals surface area contributed by atoms with Crippen molar-refractivity contribution in [3.8, 4) is 0 Å². The van der Waals surface area contributed by atoms with Crippen LogP contribution < -0.4 is 0 Å². The zero-order valence-corrected chi connectivity index (χ0v) is 10.7. The molecule has 2 aromatic carbocycles. The first kappa shape index (κ1) is 13.4. The average molecular weight is 289 g/mol. The minimum atomic E-state index is -4.46. The number of carbonyl (C=O) groups excluding carboxylic acids is 1. The number of hydrogen-bond donors (Lipinski definition) is 1. The van der Waals surface area contributed by atoms with Crippen molar-refractivity contribution < 1.29 is 18.0 Å². The molecule has 0 amide bonds. The molecule has 0 bridgehead atoms. The summed E-state index contributed by atoms with van der Waals surface area (Å²) in [5.74, 6) is -0.432. The van der Waals surface area contributed by atoms with Crippen molar-refractivity contribution in [3.63, 3.8) is 0 Å². The molecule has 0 fully saturated rings. The van der Waals surface area contributed by atoms with Crippen LogP contribution in [0.4, 0.5) is 13.2 Å². The lowest BCUT2D eigenvalue weighted by Crippen LogP contribution is -2.07. The molecule has 21 heavy (non-hydrogen) atoms. The second-order valence-electron chi connectivity index (χ2n) is 4.66. The molecule has 3 aromatic rings. The van der Waals surface area contributed by atoms with E-state index in [0.717, 1.165) is 17.6 Å². The molecule has 0 aliphatic carbocycles. The van der Waals surface area contributed by atoms with Gasteiger partial charge in [-0.15, -0.1) is 0 Å². The Kier molecular flexibility index (Phi) is 3.05. The van der Waals surface area contributed by atoms with Crippen molar-refractivity contribution in [2.75, 3.05) is 0 Å². The maximum absolute atomic E-state index is 12.7. The number of hydrogen-bond acceptors (Lipinski definition) is 1. The monoisotopic (exact) mass is 289 g/mol. The van der Waals surface area contributed by atoms with E-state index >= 15 is 0 Å². The summed E-state index contributed by atoms with van der Waals surface area (Å²) < 4.78 is 38.1. The highest BCUT2D eigenvalue weighted by molar-refractivity contribution is 6.16. The average Bonchev–Trinajstić information content (AvgIpc) is 2.90. The molecule has 0 aliphatic heterocycles. The van der Waals surface area contributed by atoms with Gasteiger partial charge in [0.25, 0.3) is 0 Å². The fourth-order valence-electron chi connectivity index (χ4n) is 2.25. The van der Waals surface area contributed by atoms with Crippen LogP contribution in [0, 0.1) is 0 Å². The van der Waals surface area contributed by atoms with Crippen LogP contribution in [0.3, 0.4) is 0 Å². The number of aromatic amines is 1. The number of benzene rings is 2. The summed E-state index contributed by atoms with van der Waals surface area (Å²) in [5, 5.41) is 0.694. The van der Waals surface area contributed by atoms with Crippen LogP contribution in [0.5, 0.6) is 0 Å². The normalized spacial score (nSPS) is 11.8. The summed E-state index contributed by atoms with van der Waals surface area (Å²) in [6.07, 6.45) is -2.94. The van der Waals surface area contributed by atoms with Crippen molar-refractivity contribution in [2.45, 2.75) is 6.18 Å². The zero-order valence-electron chi connectivity index (χ0n) is 10.7. The van der Waals surface area contributed by atoms with E-state index in [9.17, 15) is 18.0 Å². The maximum atomic E-state index is 12.7. The second-order valence-corrected chi connectivity index (χ2v) is 4.66. The van der Waals surface area contributed by atoms with Gasteiger partial charge in [0, 0.05) is 28.2 Å². The Hall–Kier alpha value is -2.56. The largest absolute Gasteiger partial charge is 0.416 e. The topological polar surface area (TPSA) is 32.9 Å². The van der Waals surface area contributed by atoms with Crippen molar-refractivity contribution in [3.05, 3.63) is 71.4 Å². The fourth-order valence-corrected chi connectivity index (χ4v) is 2.25. The van der Waals surface area contributed by atoms with Crippen LogP contribution >= 0.6 is 0 Å². The number of halogens is 3. The number of ketones is 1. The van der Waals surface area contributed by atoms with Gasteiger partial charge < -0.3 is 4.98 Å². The minimum absolute atomic E-state index is 0.0228. The van der Waals surface area contributed by atoms with Gasteiger partial charge in [-0.25, -0.2) is 0 Å². The Morgan fingerprint density at radius 2 is 1.76 bits per heavy atom. The van der Waals surface area contributed by atoms with Crippen LogP contribution in [-0.2, 0) is 6.18 Å². The highest BCUT2D eigenvalue weighted by Gasteiger charge is 2.31. The van der Waals surface area contributed by atoms with Crippen LogP contribution in [0.15, 0.2) is 54.7 Å². The third-order valence-electron chi connectivity index (χ3n) is 3.29. The third kappa shape index (κ3) is 2.42. The van der Waals surface area contributed by atoms with Crippen molar-refractivity contribution in [1.82, 2.24) is 4.98 Å². The first-order valence-corrected chi connectivity index (χ1v) is 6.25. The molecule has 0 spiro atoms. The standard InChI is InChI=1S/C16H10F3NO/c17-16(18,19)11-5-3-4-10(8-11)15(21)13-9-20-14-7-2-1-6-12(13)14/h1-9,20H. The highest BCUT2D eigenvalue weighted by atomic mass is 19.4. The number of H-pyrrole nitrogens is 1. The SMILES string of the molecule is O=C(c1cccc(C(F)(F)F)c1)c1c[nH]c2ccccc12. The van der Waals surface area contributed by atoms with Gasteiger partial charge in [-0.2, -0.15) is 13.2 Å². The second kappa shape index (κ2) is 4.77. The molecule has 2 nitrogen and oxygen atoms in total. The zero-order chi connectivity index (χ0) is 15.0. The van der Waals surface area contributed by atoms with E-state index in [-0.39, 0.29) is 5.56 Å². The van der Waals surface area contributed by atoms with E-state index in [4.69, 9.17) is 0 Å². The number of fused-ring (bicyclic) bond motifs is 1. The van der Waals surface area contributed by atoms with E-state index in [1.165, 1.54) is 18.3 Å². The van der Waals surface area contributed by atoms with E-state index in [2.05, 4.69) is 4.98 Å². The number of nitrogens with one attached hydrogen (secondary N) is 1. The molecule has 1 heterocycles. The molecular weight excluding hydrogens is 279 g/mol. The fraction of sp³-hybridized carbons (Fsp3) is 0.0625. The summed E-state index contributed by atoms with van der Waals surface area (Å²) in [4.78, 5) is 15.4. The predicted molar refractivity (Wildman–Crippen MR) is 73.2 cm³/mol. The lowest BCUT2D eigenvalue weighted by atomic mass is 10.0. The highest BCUT2D eigenvalue weighted by Crippen LogP contribution is 2.30. The van der Waals surface area contributed by atoms with Gasteiger partial charge >= 0.3 is 6.18 Å². The maximum Gasteiger partial charge on any atom is 0.416 e. The van der Waals surface area contributed by atoms with E-state index in [0.29, 0.717) is 10.9 Å². The first-order chi connectivity index (χ1) is 9.97. The van der Waals surface area contributed by atoms with Gasteiger partial charge in [0.1, 0.15) is 0 Å². The Balaban J connectivity index is 2.07. The van der Waals surface area contributed by atoms with Crippen molar-refractivity contribution >= 4 is 16.7 Å². The van der Waals surface area contributed by atoms with Crippen LogP contribution in [0.1, 0.15) is 21.5 Å². The number of rotatable bonds is 2. The summed E-state index contributed by atoms with van der Waals surface area (Å²) in [7, 11) is 0. The smallest absolute Gasteiger partial charge is 0.360 e. The molecule has 0 aliphatic rings. The van der Waals surface area contributed by atoms with Gasteiger partial charge in [0.2, 0.25) is 0 Å². The molecule has 106 valence electrons. The Bertz CT molecular complexity index is 818. The first-order valence-electron chi connectivity index (χ1n) is 6.25. The summed E-state index contributed by atoms with van der Waals surface area (Å²) >= 11 is 0.